The largest absolute Gasteiger partial charge is 0.332 e. The molecule has 1 atom stereocenters. The topological polar surface area (TPSA) is 61.4 Å². The van der Waals surface area contributed by atoms with Gasteiger partial charge in [0.25, 0.3) is 0 Å². The molecule has 0 aromatic heterocycles. The first-order chi connectivity index (χ1) is 18.4. The SMILES string of the molecule is CC(=O)c1ccc(NC(=S)Nc2cccc(SC(C)C(=O)N3c4ccccc4Sc4ccccc43)c2)cc1. The number of carbonyl (C=O) groups excluding carboxylic acids is 2. The summed E-state index contributed by atoms with van der Waals surface area (Å²) < 4.78 is 0. The summed E-state index contributed by atoms with van der Waals surface area (Å²) in [6.07, 6.45) is 0. The predicted molar refractivity (Wildman–Crippen MR) is 162 cm³/mol. The van der Waals surface area contributed by atoms with Crippen molar-refractivity contribution in [2.45, 2.75) is 33.8 Å². The van der Waals surface area contributed by atoms with Gasteiger partial charge in [0.05, 0.1) is 16.6 Å². The zero-order valence-electron chi connectivity index (χ0n) is 20.8. The summed E-state index contributed by atoms with van der Waals surface area (Å²) in [7, 11) is 0. The van der Waals surface area contributed by atoms with Crippen LogP contribution in [0.25, 0.3) is 0 Å². The molecule has 0 bridgehead atoms. The van der Waals surface area contributed by atoms with Crippen LogP contribution in [0.2, 0.25) is 0 Å². The second-order valence-corrected chi connectivity index (χ2v) is 11.6. The second kappa shape index (κ2) is 11.4. The molecular weight excluding hydrogens is 531 g/mol. The smallest absolute Gasteiger partial charge is 0.244 e. The van der Waals surface area contributed by atoms with Crippen LogP contribution in [0, 0.1) is 0 Å². The average molecular weight is 556 g/mol. The minimum Gasteiger partial charge on any atom is -0.332 e. The van der Waals surface area contributed by atoms with Crippen LogP contribution in [0.5, 0.6) is 0 Å². The van der Waals surface area contributed by atoms with Gasteiger partial charge >= 0.3 is 0 Å². The van der Waals surface area contributed by atoms with E-state index in [0.717, 1.165) is 37.4 Å². The standard InChI is InChI=1S/C30H25N3O2S3/c1-19(34)21-14-16-22(17-15-21)31-30(36)32-23-8-7-9-24(18-23)37-20(2)29(35)33-25-10-3-5-12-27(25)38-28-13-6-4-11-26(28)33/h3-18,20H,1-2H3,(H2,31,32,36). The highest BCUT2D eigenvalue weighted by Gasteiger charge is 2.31. The monoisotopic (exact) mass is 555 g/mol. The molecule has 0 spiro atoms. The molecule has 1 aliphatic rings. The van der Waals surface area contributed by atoms with Gasteiger partial charge in [0.1, 0.15) is 0 Å². The predicted octanol–water partition coefficient (Wildman–Crippen LogP) is 8.01. The number of carbonyl (C=O) groups is 2. The quantitative estimate of drug-likeness (QED) is 0.142. The van der Waals surface area contributed by atoms with Gasteiger partial charge in [0, 0.05) is 31.6 Å². The van der Waals surface area contributed by atoms with E-state index in [0.29, 0.717) is 10.7 Å². The van der Waals surface area contributed by atoms with Crippen molar-refractivity contribution >= 4 is 75.3 Å². The first kappa shape index (κ1) is 26.0. The molecule has 0 saturated carbocycles. The van der Waals surface area contributed by atoms with Crippen molar-refractivity contribution in [1.82, 2.24) is 0 Å². The Morgan fingerprint density at radius 1 is 0.816 bits per heavy atom. The van der Waals surface area contributed by atoms with Gasteiger partial charge in [-0.3, -0.25) is 14.5 Å². The number of rotatable bonds is 6. The average Bonchev–Trinajstić information content (AvgIpc) is 2.91. The van der Waals surface area contributed by atoms with Crippen LogP contribution in [0.3, 0.4) is 0 Å². The molecule has 0 fully saturated rings. The fourth-order valence-electron chi connectivity index (χ4n) is 4.11. The van der Waals surface area contributed by atoms with Gasteiger partial charge in [0.15, 0.2) is 10.9 Å². The van der Waals surface area contributed by atoms with E-state index in [1.54, 1.807) is 23.9 Å². The van der Waals surface area contributed by atoms with Gasteiger partial charge in [-0.1, -0.05) is 42.1 Å². The van der Waals surface area contributed by atoms with Gasteiger partial charge in [0.2, 0.25) is 5.91 Å². The number of amides is 1. The Labute approximate surface area is 236 Å². The Morgan fingerprint density at radius 2 is 1.42 bits per heavy atom. The third-order valence-electron chi connectivity index (χ3n) is 5.95. The maximum absolute atomic E-state index is 13.8. The Kier molecular flexibility index (Phi) is 7.83. The van der Waals surface area contributed by atoms with E-state index in [-0.39, 0.29) is 16.9 Å². The first-order valence-corrected chi connectivity index (χ1v) is 14.1. The van der Waals surface area contributed by atoms with E-state index >= 15 is 0 Å². The fraction of sp³-hybridized carbons (Fsp3) is 0.100. The summed E-state index contributed by atoms with van der Waals surface area (Å²) in [4.78, 5) is 30.2. The van der Waals surface area contributed by atoms with Crippen molar-refractivity contribution in [3.05, 3.63) is 103 Å². The second-order valence-electron chi connectivity index (χ2n) is 8.71. The summed E-state index contributed by atoms with van der Waals surface area (Å²) in [5.74, 6) is 0.0478. The minimum absolute atomic E-state index is 0.0202. The number of hydrogen-bond donors (Lipinski definition) is 2. The van der Waals surface area contributed by atoms with Gasteiger partial charge in [-0.2, -0.15) is 0 Å². The Balaban J connectivity index is 1.28. The van der Waals surface area contributed by atoms with Crippen molar-refractivity contribution in [3.8, 4) is 0 Å². The van der Waals surface area contributed by atoms with Crippen molar-refractivity contribution in [2.75, 3.05) is 15.5 Å². The lowest BCUT2D eigenvalue weighted by molar-refractivity contribution is -0.117. The normalized spacial score (nSPS) is 12.6. The van der Waals surface area contributed by atoms with Crippen molar-refractivity contribution in [2.24, 2.45) is 0 Å². The Bertz CT molecular complexity index is 1480. The molecule has 0 radical (unpaired) electrons. The maximum atomic E-state index is 13.8. The number of nitrogens with one attached hydrogen (secondary N) is 2. The number of ketones is 1. The highest BCUT2D eigenvalue weighted by atomic mass is 32.2. The number of hydrogen-bond acceptors (Lipinski definition) is 5. The molecule has 4 aromatic carbocycles. The summed E-state index contributed by atoms with van der Waals surface area (Å²) in [6, 6.07) is 31.0. The van der Waals surface area contributed by atoms with E-state index in [9.17, 15) is 9.59 Å². The van der Waals surface area contributed by atoms with Crippen LogP contribution in [0.4, 0.5) is 22.7 Å². The molecular formula is C30H25N3O2S3. The lowest BCUT2D eigenvalue weighted by Crippen LogP contribution is -2.34. The van der Waals surface area contributed by atoms with Crippen molar-refractivity contribution < 1.29 is 9.59 Å². The Morgan fingerprint density at radius 3 is 2.05 bits per heavy atom. The molecule has 0 aliphatic carbocycles. The van der Waals surface area contributed by atoms with E-state index in [1.165, 1.54) is 18.7 Å². The summed E-state index contributed by atoms with van der Waals surface area (Å²) in [6.45, 7) is 3.48. The van der Waals surface area contributed by atoms with Gasteiger partial charge in [-0.15, -0.1) is 11.8 Å². The van der Waals surface area contributed by atoms with Crippen LogP contribution in [0.1, 0.15) is 24.2 Å². The number of nitrogens with zero attached hydrogens (tertiary/aromatic N) is 1. The minimum atomic E-state index is -0.320. The molecule has 2 N–H and O–H groups in total. The number of para-hydroxylation sites is 2. The maximum Gasteiger partial charge on any atom is 0.244 e. The van der Waals surface area contributed by atoms with Gasteiger partial charge in [-0.25, -0.2) is 0 Å². The number of fused-ring (bicyclic) bond motifs is 2. The molecule has 4 aromatic rings. The van der Waals surface area contributed by atoms with Gasteiger partial charge < -0.3 is 10.6 Å². The molecule has 1 unspecified atom stereocenters. The highest BCUT2D eigenvalue weighted by molar-refractivity contribution is 8.00. The molecule has 1 heterocycles. The number of thiocarbonyl (C=S) groups is 1. The summed E-state index contributed by atoms with van der Waals surface area (Å²) >= 11 is 8.67. The van der Waals surface area contributed by atoms with Crippen molar-refractivity contribution in [1.29, 1.82) is 0 Å². The van der Waals surface area contributed by atoms with E-state index in [1.807, 2.05) is 84.6 Å². The Hall–Kier alpha value is -3.59. The third kappa shape index (κ3) is 5.78. The van der Waals surface area contributed by atoms with Crippen LogP contribution in [-0.2, 0) is 4.79 Å². The van der Waals surface area contributed by atoms with Crippen molar-refractivity contribution in [3.63, 3.8) is 0 Å². The lowest BCUT2D eigenvalue weighted by atomic mass is 10.1. The first-order valence-electron chi connectivity index (χ1n) is 12.0. The molecule has 1 amide bonds. The highest BCUT2D eigenvalue weighted by Crippen LogP contribution is 2.48. The lowest BCUT2D eigenvalue weighted by Gasteiger charge is -2.32. The van der Waals surface area contributed by atoms with Crippen LogP contribution in [-0.4, -0.2) is 22.1 Å². The van der Waals surface area contributed by atoms with E-state index in [4.69, 9.17) is 12.2 Å². The third-order valence-corrected chi connectivity index (χ3v) is 8.37. The summed E-state index contributed by atoms with van der Waals surface area (Å²) in [5, 5.41) is 6.45. The summed E-state index contributed by atoms with van der Waals surface area (Å²) in [5.41, 5.74) is 4.09. The molecule has 5 rings (SSSR count). The molecule has 38 heavy (non-hydrogen) atoms. The van der Waals surface area contributed by atoms with Crippen LogP contribution < -0.4 is 15.5 Å². The molecule has 0 saturated heterocycles. The molecule has 190 valence electrons. The zero-order valence-corrected chi connectivity index (χ0v) is 23.3. The molecule has 1 aliphatic heterocycles. The van der Waals surface area contributed by atoms with Crippen LogP contribution in [0.15, 0.2) is 112 Å². The van der Waals surface area contributed by atoms with Crippen LogP contribution >= 0.6 is 35.7 Å². The molecule has 5 nitrogen and oxygen atoms in total. The zero-order chi connectivity index (χ0) is 26.6. The number of thioether (sulfide) groups is 1. The van der Waals surface area contributed by atoms with Gasteiger partial charge in [-0.05, 0) is 92.8 Å². The number of anilines is 4. The fourth-order valence-corrected chi connectivity index (χ4v) is 6.37. The molecule has 8 heteroatoms. The van der Waals surface area contributed by atoms with E-state index in [2.05, 4.69) is 22.8 Å². The van der Waals surface area contributed by atoms with E-state index < -0.39 is 0 Å². The number of benzene rings is 4. The number of Topliss-reactive ketones (excluding diaryl/α,β-unsaturated/α-hetero) is 1.